The number of halogens is 2. The normalized spacial score (nSPS) is 15.2. The largest absolute Gasteiger partial charge is 0.491 e. The average Bonchev–Trinajstić information content (AvgIpc) is 2.82. The molecule has 1 unspecified atom stereocenters. The van der Waals surface area contributed by atoms with Crippen molar-refractivity contribution in [3.8, 4) is 22.6 Å². The van der Waals surface area contributed by atoms with Crippen molar-refractivity contribution >= 4 is 0 Å². The number of aryl methyl sites for hydroxylation is 1. The number of hydrogen-bond acceptors (Lipinski definition) is 3. The van der Waals surface area contributed by atoms with E-state index in [1.165, 1.54) is 37.0 Å². The lowest BCUT2D eigenvalue weighted by Gasteiger charge is -2.27. The zero-order chi connectivity index (χ0) is 22.5. The summed E-state index contributed by atoms with van der Waals surface area (Å²) in [6.45, 7) is 4.42. The van der Waals surface area contributed by atoms with Crippen LogP contribution >= 0.6 is 0 Å². The molecule has 0 aromatic heterocycles. The molecular weight excluding hydrogens is 410 g/mol. The molecule has 32 heavy (non-hydrogen) atoms. The van der Waals surface area contributed by atoms with Gasteiger partial charge in [0.1, 0.15) is 5.75 Å². The second kappa shape index (κ2) is 10.1. The van der Waals surface area contributed by atoms with E-state index < -0.39 is 17.9 Å². The molecule has 0 saturated heterocycles. The third kappa shape index (κ3) is 4.78. The van der Waals surface area contributed by atoms with Crippen molar-refractivity contribution in [1.29, 1.82) is 0 Å². The summed E-state index contributed by atoms with van der Waals surface area (Å²) in [6, 6.07) is 17.3. The lowest BCUT2D eigenvalue weighted by molar-refractivity contribution is -0.113. The van der Waals surface area contributed by atoms with Gasteiger partial charge in [-0.2, -0.15) is 4.39 Å². The fourth-order valence-corrected chi connectivity index (χ4v) is 3.89. The van der Waals surface area contributed by atoms with Crippen LogP contribution in [0, 0.1) is 11.6 Å². The minimum absolute atomic E-state index is 0.0133. The smallest absolute Gasteiger partial charge is 0.230 e. The molecule has 1 aliphatic heterocycles. The van der Waals surface area contributed by atoms with Gasteiger partial charge in [-0.15, -0.1) is 0 Å². The average molecular weight is 439 g/mol. The molecule has 0 bridgehead atoms. The molecule has 3 nitrogen and oxygen atoms in total. The SMILES string of the molecule is CCCCCc1ccc(-c2ccc3c(c2)COC(c2ccc(OCC)c(F)c2F)O3)cc1. The highest BCUT2D eigenvalue weighted by Crippen LogP contribution is 2.37. The number of rotatable bonds is 8. The maximum Gasteiger partial charge on any atom is 0.230 e. The number of benzene rings is 3. The molecular formula is C27H28F2O3. The lowest BCUT2D eigenvalue weighted by atomic mass is 9.99. The van der Waals surface area contributed by atoms with Gasteiger partial charge in [0.15, 0.2) is 11.6 Å². The first-order valence-corrected chi connectivity index (χ1v) is 11.2. The second-order valence-electron chi connectivity index (χ2n) is 7.95. The third-order valence-corrected chi connectivity index (χ3v) is 5.67. The summed E-state index contributed by atoms with van der Waals surface area (Å²) in [5.74, 6) is -1.56. The van der Waals surface area contributed by atoms with E-state index in [4.69, 9.17) is 14.2 Å². The molecule has 3 aromatic rings. The molecule has 0 radical (unpaired) electrons. The molecule has 0 N–H and O–H groups in total. The van der Waals surface area contributed by atoms with Crippen LogP contribution in [0.4, 0.5) is 8.78 Å². The first-order chi connectivity index (χ1) is 15.6. The highest BCUT2D eigenvalue weighted by molar-refractivity contribution is 5.66. The molecule has 168 valence electrons. The first-order valence-electron chi connectivity index (χ1n) is 11.2. The summed E-state index contributed by atoms with van der Waals surface area (Å²) in [4.78, 5) is 0. The van der Waals surface area contributed by atoms with E-state index in [-0.39, 0.29) is 24.5 Å². The van der Waals surface area contributed by atoms with E-state index >= 15 is 0 Å². The number of hydrogen-bond donors (Lipinski definition) is 0. The fraction of sp³-hybridized carbons (Fsp3) is 0.333. The molecule has 4 rings (SSSR count). The Morgan fingerprint density at radius 2 is 1.69 bits per heavy atom. The molecule has 5 heteroatoms. The minimum Gasteiger partial charge on any atom is -0.491 e. The lowest BCUT2D eigenvalue weighted by Crippen LogP contribution is -2.19. The van der Waals surface area contributed by atoms with Gasteiger partial charge in [0.2, 0.25) is 12.1 Å². The Hall–Kier alpha value is -2.92. The maximum absolute atomic E-state index is 14.5. The van der Waals surface area contributed by atoms with Gasteiger partial charge in [-0.1, -0.05) is 50.1 Å². The van der Waals surface area contributed by atoms with Gasteiger partial charge >= 0.3 is 0 Å². The van der Waals surface area contributed by atoms with Crippen molar-refractivity contribution in [2.75, 3.05) is 6.61 Å². The third-order valence-electron chi connectivity index (χ3n) is 5.67. The Balaban J connectivity index is 1.49. The standard InChI is InChI=1S/C27H28F2O3/c1-3-5-6-7-18-8-10-19(11-9-18)20-12-14-23-21(16-20)17-31-27(32-23)22-13-15-24(30-4-2)26(29)25(22)28/h8-16,27H,3-7,17H2,1-2H3. The second-order valence-corrected chi connectivity index (χ2v) is 7.95. The van der Waals surface area contributed by atoms with E-state index in [9.17, 15) is 8.78 Å². The Bertz CT molecular complexity index is 1060. The summed E-state index contributed by atoms with van der Waals surface area (Å²) in [5.41, 5.74) is 4.41. The summed E-state index contributed by atoms with van der Waals surface area (Å²) in [5, 5.41) is 0. The zero-order valence-corrected chi connectivity index (χ0v) is 18.5. The Kier molecular flexibility index (Phi) is 7.05. The van der Waals surface area contributed by atoms with Gasteiger partial charge in [0.25, 0.3) is 0 Å². The monoisotopic (exact) mass is 438 g/mol. The Morgan fingerprint density at radius 1 is 0.906 bits per heavy atom. The highest BCUT2D eigenvalue weighted by Gasteiger charge is 2.27. The molecule has 0 amide bonds. The summed E-state index contributed by atoms with van der Waals surface area (Å²) in [6.07, 6.45) is 3.77. The van der Waals surface area contributed by atoms with Gasteiger partial charge < -0.3 is 14.2 Å². The van der Waals surface area contributed by atoms with Gasteiger partial charge in [-0.25, -0.2) is 4.39 Å². The van der Waals surface area contributed by atoms with Gasteiger partial charge in [0, 0.05) is 5.56 Å². The van der Waals surface area contributed by atoms with Crippen molar-refractivity contribution in [2.45, 2.75) is 52.4 Å². The predicted molar refractivity (Wildman–Crippen MR) is 121 cm³/mol. The number of fused-ring (bicyclic) bond motifs is 1. The first kappa shape index (κ1) is 22.3. The van der Waals surface area contributed by atoms with Crippen LogP contribution in [0.3, 0.4) is 0 Å². The van der Waals surface area contributed by atoms with Crippen LogP contribution in [0.5, 0.6) is 11.5 Å². The molecule has 1 heterocycles. The van der Waals surface area contributed by atoms with E-state index in [0.717, 1.165) is 23.1 Å². The van der Waals surface area contributed by atoms with Crippen molar-refractivity contribution < 1.29 is 23.0 Å². The van der Waals surface area contributed by atoms with Crippen LogP contribution in [-0.2, 0) is 17.8 Å². The van der Waals surface area contributed by atoms with E-state index in [1.54, 1.807) is 6.92 Å². The number of ether oxygens (including phenoxy) is 3. The van der Waals surface area contributed by atoms with Gasteiger partial charge in [-0.05, 0) is 60.7 Å². The van der Waals surface area contributed by atoms with E-state index in [0.29, 0.717) is 5.75 Å². The van der Waals surface area contributed by atoms with Crippen LogP contribution in [0.2, 0.25) is 0 Å². The molecule has 0 spiro atoms. The maximum atomic E-state index is 14.5. The van der Waals surface area contributed by atoms with Crippen LogP contribution in [0.25, 0.3) is 11.1 Å². The van der Waals surface area contributed by atoms with Crippen LogP contribution in [0.15, 0.2) is 54.6 Å². The Morgan fingerprint density at radius 3 is 2.44 bits per heavy atom. The Labute approximate surface area is 187 Å². The summed E-state index contributed by atoms with van der Waals surface area (Å²) < 4.78 is 45.5. The van der Waals surface area contributed by atoms with Crippen LogP contribution in [0.1, 0.15) is 56.1 Å². The van der Waals surface area contributed by atoms with E-state index in [1.807, 2.05) is 18.2 Å². The van der Waals surface area contributed by atoms with Crippen molar-refractivity contribution in [3.63, 3.8) is 0 Å². The summed E-state index contributed by atoms with van der Waals surface area (Å²) in [7, 11) is 0. The topological polar surface area (TPSA) is 27.7 Å². The molecule has 0 fully saturated rings. The van der Waals surface area contributed by atoms with Crippen molar-refractivity contribution in [2.24, 2.45) is 0 Å². The van der Waals surface area contributed by atoms with Gasteiger partial charge in [0.05, 0.1) is 18.8 Å². The minimum atomic E-state index is -1.03. The molecule has 1 atom stereocenters. The zero-order valence-electron chi connectivity index (χ0n) is 18.5. The number of unbranched alkanes of at least 4 members (excludes halogenated alkanes) is 2. The van der Waals surface area contributed by atoms with Crippen LogP contribution in [-0.4, -0.2) is 6.61 Å². The molecule has 0 saturated carbocycles. The predicted octanol–water partition coefficient (Wildman–Crippen LogP) is 7.37. The quantitative estimate of drug-likeness (QED) is 0.344. The summed E-state index contributed by atoms with van der Waals surface area (Å²) >= 11 is 0. The van der Waals surface area contributed by atoms with E-state index in [2.05, 4.69) is 31.2 Å². The van der Waals surface area contributed by atoms with Crippen molar-refractivity contribution in [3.05, 3.63) is 82.9 Å². The van der Waals surface area contributed by atoms with Crippen LogP contribution < -0.4 is 9.47 Å². The highest BCUT2D eigenvalue weighted by atomic mass is 19.2. The fourth-order valence-electron chi connectivity index (χ4n) is 3.89. The van der Waals surface area contributed by atoms with Crippen molar-refractivity contribution in [1.82, 2.24) is 0 Å². The molecule has 0 aliphatic carbocycles. The molecule has 1 aliphatic rings. The molecule has 3 aromatic carbocycles. The van der Waals surface area contributed by atoms with Gasteiger partial charge in [-0.3, -0.25) is 0 Å².